The lowest BCUT2D eigenvalue weighted by molar-refractivity contribution is 1.26. The fourth-order valence-electron chi connectivity index (χ4n) is 16.2. The van der Waals surface area contributed by atoms with Gasteiger partial charge in [0.1, 0.15) is 0 Å². The average molecular weight is 1560 g/mol. The zero-order chi connectivity index (χ0) is 78.5. The molecule has 0 fully saturated rings. The number of anilines is 11. The van der Waals surface area contributed by atoms with E-state index in [1.54, 1.807) is 0 Å². The topological polar surface area (TPSA) is 21.8 Å². The van der Waals surface area contributed by atoms with Crippen LogP contribution in [0, 0.1) is 0 Å². The maximum absolute atomic E-state index is 3.56. The smallest absolute Gasteiger partial charge is 0.0463 e. The lowest BCUT2D eigenvalue weighted by Gasteiger charge is -2.28. The van der Waals surface area contributed by atoms with Crippen LogP contribution in [-0.2, 0) is 0 Å². The van der Waals surface area contributed by atoms with Gasteiger partial charge >= 0.3 is 0 Å². The Hall–Kier alpha value is -14.9. The summed E-state index contributed by atoms with van der Waals surface area (Å²) in [5.74, 6) is 0. The van der Waals surface area contributed by atoms with E-state index in [0.29, 0.717) is 0 Å². The van der Waals surface area contributed by atoms with E-state index in [4.69, 9.17) is 0 Å². The molecule has 0 saturated heterocycles. The Morgan fingerprint density at radius 2 is 0.342 bits per heavy atom. The van der Waals surface area contributed by atoms with Gasteiger partial charge in [0.25, 0.3) is 0 Å². The minimum Gasteiger partial charge on any atom is -0.356 e. The van der Waals surface area contributed by atoms with E-state index in [0.717, 1.165) is 67.0 Å². The molecule has 0 unspecified atom stereocenters. The molecule has 556 valence electrons. The summed E-state index contributed by atoms with van der Waals surface area (Å²) in [6, 6.07) is 172. The third kappa shape index (κ3) is 16.0. The molecule has 117 heavy (non-hydrogen) atoms. The van der Waals surface area contributed by atoms with Crippen LogP contribution in [0.4, 0.5) is 62.6 Å². The fraction of sp³-hybridized carbons (Fsp3) is 0. The summed E-state index contributed by atoms with van der Waals surface area (Å²) in [4.78, 5) is 6.88. The van der Waals surface area contributed by atoms with Crippen molar-refractivity contribution in [3.63, 3.8) is 0 Å². The van der Waals surface area contributed by atoms with Gasteiger partial charge in [0, 0.05) is 67.0 Å². The maximum Gasteiger partial charge on any atom is 0.0463 e. The van der Waals surface area contributed by atoms with Crippen molar-refractivity contribution in [2.45, 2.75) is 0 Å². The van der Waals surface area contributed by atoms with Crippen molar-refractivity contribution in [3.05, 3.63) is 490 Å². The van der Waals surface area contributed by atoms with Gasteiger partial charge in [-0.1, -0.05) is 344 Å². The van der Waals surface area contributed by atoms with Crippen LogP contribution in [0.5, 0.6) is 0 Å². The predicted octanol–water partition coefficient (Wildman–Crippen LogP) is 32.6. The molecule has 20 rings (SSSR count). The van der Waals surface area contributed by atoms with Gasteiger partial charge in [-0.15, -0.1) is 0 Å². The van der Waals surface area contributed by atoms with E-state index in [9.17, 15) is 0 Å². The van der Waals surface area contributed by atoms with E-state index in [1.807, 2.05) is 30.3 Å². The summed E-state index contributed by atoms with van der Waals surface area (Å²) < 4.78 is 1.09. The van der Waals surface area contributed by atoms with Crippen LogP contribution in [0.25, 0.3) is 110 Å². The van der Waals surface area contributed by atoms with E-state index < -0.39 is 0 Å². The number of hydrogen-bond acceptors (Lipinski definition) is 4. The largest absolute Gasteiger partial charge is 0.356 e. The molecule has 0 saturated carbocycles. The number of para-hydroxylation sites is 6. The molecule has 0 spiro atoms. The Bertz CT molecular complexity index is 6610. The van der Waals surface area contributed by atoms with Gasteiger partial charge in [-0.2, -0.15) is 0 Å². The molecule has 0 heterocycles. The molecule has 1 N–H and O–H groups in total. The summed E-state index contributed by atoms with van der Waals surface area (Å²) >= 11 is 3.56. The van der Waals surface area contributed by atoms with Crippen LogP contribution in [0.3, 0.4) is 0 Å². The Morgan fingerprint density at radius 1 is 0.145 bits per heavy atom. The molecule has 0 aromatic heterocycles. The quantitative estimate of drug-likeness (QED) is 0.0917. The minimum atomic E-state index is 1.07. The second-order valence-electron chi connectivity index (χ2n) is 28.9. The van der Waals surface area contributed by atoms with Gasteiger partial charge in [-0.3, -0.25) is 0 Å². The molecule has 0 aliphatic carbocycles. The van der Waals surface area contributed by atoms with E-state index in [-0.39, 0.29) is 0 Å². The highest BCUT2D eigenvalue weighted by Gasteiger charge is 2.22. The average Bonchev–Trinajstić information content (AvgIpc) is 0.735. The van der Waals surface area contributed by atoms with E-state index in [2.05, 4.69) is 491 Å². The third-order valence-corrected chi connectivity index (χ3v) is 22.1. The number of hydrogen-bond donors (Lipinski definition) is 1. The normalized spacial score (nSPS) is 10.9. The first kappa shape index (κ1) is 73.6. The van der Waals surface area contributed by atoms with Gasteiger partial charge < -0.3 is 20.0 Å². The molecule has 0 atom stereocenters. The van der Waals surface area contributed by atoms with Crippen LogP contribution in [-0.4, -0.2) is 0 Å². The Morgan fingerprint density at radius 3 is 0.632 bits per heavy atom. The van der Waals surface area contributed by atoms with E-state index >= 15 is 0 Å². The number of rotatable bonds is 17. The minimum absolute atomic E-state index is 1.07. The molecule has 0 amide bonds. The Labute approximate surface area is 693 Å². The summed E-state index contributed by atoms with van der Waals surface area (Å²) in [7, 11) is 0. The monoisotopic (exact) mass is 1560 g/mol. The summed E-state index contributed by atoms with van der Waals surface area (Å²) in [6.45, 7) is 0. The lowest BCUT2D eigenvalue weighted by Crippen LogP contribution is -2.12. The Kier molecular flexibility index (Phi) is 21.8. The van der Waals surface area contributed by atoms with Crippen molar-refractivity contribution in [1.82, 2.24) is 0 Å². The first-order chi connectivity index (χ1) is 58.0. The van der Waals surface area contributed by atoms with E-state index in [1.165, 1.54) is 110 Å². The summed E-state index contributed by atoms with van der Waals surface area (Å²) in [6.07, 6.45) is 0. The van der Waals surface area contributed by atoms with Crippen LogP contribution in [0.1, 0.15) is 0 Å². The molecule has 0 radical (unpaired) electrons. The zero-order valence-electron chi connectivity index (χ0n) is 64.4. The number of nitrogens with zero attached hydrogens (tertiary/aromatic N) is 3. The fourth-order valence-corrected chi connectivity index (χ4v) is 16.4. The van der Waals surface area contributed by atoms with Crippen molar-refractivity contribution < 1.29 is 0 Å². The van der Waals surface area contributed by atoms with Crippen molar-refractivity contribution in [3.8, 4) is 66.8 Å². The van der Waals surface area contributed by atoms with Crippen molar-refractivity contribution in [2.24, 2.45) is 0 Å². The van der Waals surface area contributed by atoms with Gasteiger partial charge in [-0.05, 0) is 268 Å². The van der Waals surface area contributed by atoms with Crippen LogP contribution >= 0.6 is 15.9 Å². The molecule has 0 aliphatic heterocycles. The summed E-state index contributed by atoms with van der Waals surface area (Å²) in [5, 5.41) is 13.6. The van der Waals surface area contributed by atoms with Gasteiger partial charge in [0.15, 0.2) is 0 Å². The van der Waals surface area contributed by atoms with Crippen LogP contribution in [0.2, 0.25) is 0 Å². The van der Waals surface area contributed by atoms with Crippen LogP contribution in [0.15, 0.2) is 490 Å². The van der Waals surface area contributed by atoms with Gasteiger partial charge in [0.2, 0.25) is 0 Å². The standard InChI is InChI=1S/C56H40N2.C32H21Br.C24H20N2/c1-6-18-42(19-7-1)55-51-28-16-17-29-52(51)56(43-20-8-2-9-21-43)54-40-44(32-39-53(54)55)41-30-33-48(34-31-41)58(47-26-14-5-15-27-47)50-37-35-49(36-38-50)57(45-22-10-3-11-23-45)46-24-12-4-13-25-46;33-26-18-15-22(16-19-26)25-17-20-29-30(21-25)32(24-11-5-2-6-12-24)28-14-8-7-13-27(28)31(29)23-9-3-1-4-10-23;1-4-10-20(11-5-1)25-21-16-18-24(19-17-21)26(22-12-6-2-7-13-22)23-14-8-3-9-15-23/h1-40H;1-21H;1-19,25H. The Balaban J connectivity index is 0.000000134. The first-order valence-electron chi connectivity index (χ1n) is 39.7. The predicted molar refractivity (Wildman–Crippen MR) is 503 cm³/mol. The molecule has 0 bridgehead atoms. The van der Waals surface area contributed by atoms with Crippen LogP contribution < -0.4 is 20.0 Å². The molecular formula is C112H81BrN4. The third-order valence-electron chi connectivity index (χ3n) is 21.6. The number of fused-ring (bicyclic) bond motifs is 4. The molecule has 20 aromatic carbocycles. The number of halogens is 1. The summed E-state index contributed by atoms with van der Waals surface area (Å²) in [5.41, 5.74) is 27.0. The SMILES string of the molecule is Brc1ccc(-c2ccc3c(-c4ccccc4)c4ccccc4c(-c4ccccc4)c3c2)cc1.c1ccc(-c2c3ccccc3c(-c3ccccc3)c3cc(-c4ccc(N(c5ccccc5)c5ccc(N(c6ccccc6)c6ccccc6)cc5)cc4)ccc23)cc1.c1ccc(Nc2ccc(N(c3ccccc3)c3ccccc3)cc2)cc1. The van der Waals surface area contributed by atoms with Gasteiger partial charge in [0.05, 0.1) is 0 Å². The molecule has 20 aromatic rings. The number of benzene rings is 20. The molecule has 0 aliphatic rings. The highest BCUT2D eigenvalue weighted by molar-refractivity contribution is 9.10. The molecule has 4 nitrogen and oxygen atoms in total. The second-order valence-corrected chi connectivity index (χ2v) is 29.8. The van der Waals surface area contributed by atoms with Crippen molar-refractivity contribution >= 4 is 122 Å². The maximum atomic E-state index is 3.56. The second kappa shape index (κ2) is 34.6. The molecule has 5 heteroatoms. The lowest BCUT2D eigenvalue weighted by atomic mass is 9.85. The first-order valence-corrected chi connectivity index (χ1v) is 40.5. The number of nitrogens with one attached hydrogen (secondary N) is 1. The zero-order valence-corrected chi connectivity index (χ0v) is 66.0. The highest BCUT2D eigenvalue weighted by Crippen LogP contribution is 2.49. The van der Waals surface area contributed by atoms with Crippen molar-refractivity contribution in [2.75, 3.05) is 20.0 Å². The molecular weight excluding hydrogens is 1480 g/mol. The highest BCUT2D eigenvalue weighted by atomic mass is 79.9. The van der Waals surface area contributed by atoms with Crippen molar-refractivity contribution in [1.29, 1.82) is 0 Å². The van der Waals surface area contributed by atoms with Gasteiger partial charge in [-0.25, -0.2) is 0 Å².